The first-order valence-electron chi connectivity index (χ1n) is 6.40. The lowest BCUT2D eigenvalue weighted by Gasteiger charge is -2.33. The maximum atomic E-state index is 12.6. The largest absolute Gasteiger partial charge is 0.481 e. The number of carbonyl (C=O) groups excluding carboxylic acids is 1. The van der Waals surface area contributed by atoms with Crippen LogP contribution in [0.25, 0.3) is 0 Å². The summed E-state index contributed by atoms with van der Waals surface area (Å²) in [6.45, 7) is 1.98. The third kappa shape index (κ3) is 3.22. The number of hydrogen-bond acceptors (Lipinski definition) is 4. The second kappa shape index (κ2) is 5.82. The number of hydrogen-bond donors (Lipinski definition) is 2. The van der Waals surface area contributed by atoms with Crippen molar-refractivity contribution in [2.45, 2.75) is 24.3 Å². The number of aryl methyl sites for hydroxylation is 1. The minimum Gasteiger partial charge on any atom is -0.481 e. The fraction of sp³-hybridized carbons (Fsp3) is 0.385. The van der Waals surface area contributed by atoms with E-state index in [1.165, 1.54) is 12.1 Å². The first kappa shape index (κ1) is 15.5. The van der Waals surface area contributed by atoms with E-state index in [1.807, 2.05) is 0 Å². The summed E-state index contributed by atoms with van der Waals surface area (Å²) in [6.07, 6.45) is -0.559. The Balaban J connectivity index is 2.40. The smallest absolute Gasteiger partial charge is 0.305 e. The summed E-state index contributed by atoms with van der Waals surface area (Å²) in [7, 11) is -3.90. The van der Waals surface area contributed by atoms with Crippen molar-refractivity contribution in [3.05, 3.63) is 29.8 Å². The van der Waals surface area contributed by atoms with Crippen LogP contribution in [0.15, 0.2) is 29.2 Å². The highest BCUT2D eigenvalue weighted by Gasteiger charge is 2.39. The molecule has 21 heavy (non-hydrogen) atoms. The van der Waals surface area contributed by atoms with Crippen LogP contribution in [-0.2, 0) is 19.6 Å². The number of piperazine rings is 1. The number of rotatable bonds is 4. The molecule has 1 heterocycles. The number of sulfonamides is 1. The molecule has 1 aromatic carbocycles. The third-order valence-corrected chi connectivity index (χ3v) is 5.15. The van der Waals surface area contributed by atoms with Gasteiger partial charge in [0.1, 0.15) is 6.04 Å². The Morgan fingerprint density at radius 1 is 1.48 bits per heavy atom. The van der Waals surface area contributed by atoms with Crippen molar-refractivity contribution in [2.24, 2.45) is 0 Å². The molecule has 2 N–H and O–H groups in total. The van der Waals surface area contributed by atoms with Gasteiger partial charge in [-0.3, -0.25) is 9.59 Å². The second-order valence-electron chi connectivity index (χ2n) is 4.84. The zero-order chi connectivity index (χ0) is 15.6. The topological polar surface area (TPSA) is 104 Å². The van der Waals surface area contributed by atoms with Crippen molar-refractivity contribution in [1.82, 2.24) is 9.62 Å². The minimum absolute atomic E-state index is 0.0555. The van der Waals surface area contributed by atoms with Crippen LogP contribution in [0.5, 0.6) is 0 Å². The van der Waals surface area contributed by atoms with Crippen molar-refractivity contribution in [2.75, 3.05) is 13.1 Å². The van der Waals surface area contributed by atoms with Crippen LogP contribution in [-0.4, -0.2) is 48.8 Å². The van der Waals surface area contributed by atoms with Gasteiger partial charge in [0.25, 0.3) is 0 Å². The SMILES string of the molecule is Cc1cccc(S(=O)(=O)N2CCNC(=O)C2CC(=O)O)c1. The maximum absolute atomic E-state index is 12.6. The summed E-state index contributed by atoms with van der Waals surface area (Å²) in [5, 5.41) is 11.4. The molecular weight excluding hydrogens is 296 g/mol. The molecule has 1 atom stereocenters. The highest BCUT2D eigenvalue weighted by Crippen LogP contribution is 2.22. The molecule has 1 saturated heterocycles. The molecular formula is C13H16N2O5S. The van der Waals surface area contributed by atoms with E-state index in [9.17, 15) is 18.0 Å². The molecule has 1 amide bonds. The Bertz CT molecular complexity index is 671. The number of amides is 1. The predicted octanol–water partition coefficient (Wildman–Crippen LogP) is -0.0412. The van der Waals surface area contributed by atoms with Crippen molar-refractivity contribution in [1.29, 1.82) is 0 Å². The molecule has 1 unspecified atom stereocenters. The Morgan fingerprint density at radius 3 is 2.81 bits per heavy atom. The summed E-state index contributed by atoms with van der Waals surface area (Å²) >= 11 is 0. The van der Waals surface area contributed by atoms with Gasteiger partial charge in [-0.25, -0.2) is 8.42 Å². The zero-order valence-corrected chi connectivity index (χ0v) is 12.3. The summed E-state index contributed by atoms with van der Waals surface area (Å²) in [5.74, 6) is -1.80. The monoisotopic (exact) mass is 312 g/mol. The van der Waals surface area contributed by atoms with E-state index in [2.05, 4.69) is 5.32 Å². The van der Waals surface area contributed by atoms with Crippen LogP contribution in [0.1, 0.15) is 12.0 Å². The number of carbonyl (C=O) groups is 2. The van der Waals surface area contributed by atoms with Gasteiger partial charge in [-0.1, -0.05) is 12.1 Å². The summed E-state index contributed by atoms with van der Waals surface area (Å²) in [5.41, 5.74) is 0.771. The molecule has 114 valence electrons. The number of benzene rings is 1. The molecule has 1 aliphatic heterocycles. The van der Waals surface area contributed by atoms with E-state index in [-0.39, 0.29) is 18.0 Å². The molecule has 0 spiro atoms. The molecule has 0 aliphatic carbocycles. The van der Waals surface area contributed by atoms with Gasteiger partial charge in [-0.15, -0.1) is 0 Å². The summed E-state index contributed by atoms with van der Waals surface area (Å²) in [4.78, 5) is 22.7. The minimum atomic E-state index is -3.90. The molecule has 7 nitrogen and oxygen atoms in total. The van der Waals surface area contributed by atoms with Crippen LogP contribution in [0.4, 0.5) is 0 Å². The van der Waals surface area contributed by atoms with Gasteiger partial charge >= 0.3 is 5.97 Å². The lowest BCUT2D eigenvalue weighted by molar-refractivity contribution is -0.141. The number of nitrogens with zero attached hydrogens (tertiary/aromatic N) is 1. The van der Waals surface area contributed by atoms with Crippen molar-refractivity contribution in [3.8, 4) is 0 Å². The van der Waals surface area contributed by atoms with Crippen molar-refractivity contribution < 1.29 is 23.1 Å². The van der Waals surface area contributed by atoms with E-state index in [0.29, 0.717) is 0 Å². The third-order valence-electron chi connectivity index (χ3n) is 3.25. The Labute approximate surface area is 122 Å². The van der Waals surface area contributed by atoms with Gasteiger partial charge in [0.15, 0.2) is 0 Å². The molecule has 1 aliphatic rings. The summed E-state index contributed by atoms with van der Waals surface area (Å²) < 4.78 is 26.2. The standard InChI is InChI=1S/C13H16N2O5S/c1-9-3-2-4-10(7-9)21(19,20)15-6-5-14-13(18)11(15)8-12(16)17/h2-4,7,11H,5-6,8H2,1H3,(H,14,18)(H,16,17). The molecule has 1 aromatic rings. The van der Waals surface area contributed by atoms with E-state index in [4.69, 9.17) is 5.11 Å². The maximum Gasteiger partial charge on any atom is 0.305 e. The zero-order valence-electron chi connectivity index (χ0n) is 11.4. The highest BCUT2D eigenvalue weighted by molar-refractivity contribution is 7.89. The lowest BCUT2D eigenvalue weighted by Crippen LogP contribution is -2.57. The van der Waals surface area contributed by atoms with Gasteiger partial charge in [0.05, 0.1) is 11.3 Å². The van der Waals surface area contributed by atoms with Gasteiger partial charge in [-0.05, 0) is 24.6 Å². The lowest BCUT2D eigenvalue weighted by atomic mass is 10.1. The van der Waals surface area contributed by atoms with Gasteiger partial charge in [0.2, 0.25) is 15.9 Å². The van der Waals surface area contributed by atoms with Crippen LogP contribution in [0.3, 0.4) is 0 Å². The summed E-state index contributed by atoms with van der Waals surface area (Å²) in [6, 6.07) is 5.09. The molecule has 0 saturated carbocycles. The fourth-order valence-electron chi connectivity index (χ4n) is 2.25. The van der Waals surface area contributed by atoms with Crippen LogP contribution in [0.2, 0.25) is 0 Å². The number of carboxylic acid groups (broad SMARTS) is 1. The predicted molar refractivity (Wildman–Crippen MR) is 74.1 cm³/mol. The average Bonchev–Trinajstić information content (AvgIpc) is 2.40. The quantitative estimate of drug-likeness (QED) is 0.812. The Hall–Kier alpha value is -1.93. The molecule has 1 fully saturated rings. The first-order chi connectivity index (χ1) is 9.82. The van der Waals surface area contributed by atoms with Crippen LogP contribution in [0, 0.1) is 6.92 Å². The highest BCUT2D eigenvalue weighted by atomic mass is 32.2. The fourth-order valence-corrected chi connectivity index (χ4v) is 3.95. The molecule has 0 radical (unpaired) electrons. The molecule has 0 aromatic heterocycles. The van der Waals surface area contributed by atoms with Gasteiger partial charge in [0, 0.05) is 13.1 Å². The Kier molecular flexibility index (Phi) is 4.29. The first-order valence-corrected chi connectivity index (χ1v) is 7.84. The van der Waals surface area contributed by atoms with E-state index in [0.717, 1.165) is 9.87 Å². The normalized spacial score (nSPS) is 20.0. The van der Waals surface area contributed by atoms with E-state index in [1.54, 1.807) is 19.1 Å². The number of carboxylic acids is 1. The number of aliphatic carboxylic acids is 1. The Morgan fingerprint density at radius 2 is 2.19 bits per heavy atom. The van der Waals surface area contributed by atoms with Crippen LogP contribution >= 0.6 is 0 Å². The van der Waals surface area contributed by atoms with Crippen molar-refractivity contribution in [3.63, 3.8) is 0 Å². The molecule has 2 rings (SSSR count). The molecule has 8 heteroatoms. The van der Waals surface area contributed by atoms with Crippen LogP contribution < -0.4 is 5.32 Å². The molecule has 0 bridgehead atoms. The average molecular weight is 312 g/mol. The van der Waals surface area contributed by atoms with E-state index >= 15 is 0 Å². The van der Waals surface area contributed by atoms with E-state index < -0.39 is 34.4 Å². The van der Waals surface area contributed by atoms with Gasteiger partial charge in [-0.2, -0.15) is 4.31 Å². The van der Waals surface area contributed by atoms with Gasteiger partial charge < -0.3 is 10.4 Å². The second-order valence-corrected chi connectivity index (χ2v) is 6.73. The number of nitrogens with one attached hydrogen (secondary N) is 1. The van der Waals surface area contributed by atoms with Crippen molar-refractivity contribution >= 4 is 21.9 Å².